The molecule has 1 aliphatic carbocycles. The standard InChI is InChI=1S/C14H24N2O2/c17-13-8-5-9-14(18)16(13)11-10-15-12-6-3-1-2-4-7-12/h12,15H,1-11H2. The van der Waals surface area contributed by atoms with E-state index in [1.54, 1.807) is 0 Å². The van der Waals surface area contributed by atoms with E-state index in [-0.39, 0.29) is 11.8 Å². The third-order valence-corrected chi connectivity index (χ3v) is 4.01. The van der Waals surface area contributed by atoms with Crippen LogP contribution in [0.15, 0.2) is 0 Å². The topological polar surface area (TPSA) is 49.4 Å². The van der Waals surface area contributed by atoms with E-state index in [0.29, 0.717) is 25.4 Å². The molecule has 1 saturated carbocycles. The van der Waals surface area contributed by atoms with Gasteiger partial charge >= 0.3 is 0 Å². The van der Waals surface area contributed by atoms with Gasteiger partial charge in [0.05, 0.1) is 0 Å². The van der Waals surface area contributed by atoms with Gasteiger partial charge in [-0.1, -0.05) is 25.7 Å². The smallest absolute Gasteiger partial charge is 0.229 e. The largest absolute Gasteiger partial charge is 0.312 e. The Hall–Kier alpha value is -0.900. The first-order valence-corrected chi connectivity index (χ1v) is 7.34. The Morgan fingerprint density at radius 1 is 0.944 bits per heavy atom. The number of imide groups is 1. The van der Waals surface area contributed by atoms with Crippen LogP contribution in [0.1, 0.15) is 57.8 Å². The van der Waals surface area contributed by atoms with E-state index in [1.165, 1.54) is 43.4 Å². The number of nitrogens with one attached hydrogen (secondary N) is 1. The number of amides is 2. The fraction of sp³-hybridized carbons (Fsp3) is 0.857. The molecule has 0 aromatic heterocycles. The summed E-state index contributed by atoms with van der Waals surface area (Å²) in [6.07, 6.45) is 9.58. The summed E-state index contributed by atoms with van der Waals surface area (Å²) in [7, 11) is 0. The molecule has 4 nitrogen and oxygen atoms in total. The first-order chi connectivity index (χ1) is 8.77. The second kappa shape index (κ2) is 6.88. The second-order valence-corrected chi connectivity index (χ2v) is 5.44. The van der Waals surface area contributed by atoms with Gasteiger partial charge in [0.1, 0.15) is 0 Å². The minimum Gasteiger partial charge on any atom is -0.312 e. The molecule has 1 heterocycles. The molecule has 1 N–H and O–H groups in total. The van der Waals surface area contributed by atoms with Gasteiger partial charge in [-0.3, -0.25) is 14.5 Å². The molecule has 102 valence electrons. The molecule has 0 atom stereocenters. The number of carbonyl (C=O) groups excluding carboxylic acids is 2. The fourth-order valence-corrected chi connectivity index (χ4v) is 2.91. The fourth-order valence-electron chi connectivity index (χ4n) is 2.91. The van der Waals surface area contributed by atoms with E-state index in [1.807, 2.05) is 0 Å². The molecule has 0 unspecified atom stereocenters. The molecule has 0 bridgehead atoms. The highest BCUT2D eigenvalue weighted by molar-refractivity contribution is 5.97. The van der Waals surface area contributed by atoms with E-state index in [2.05, 4.69) is 5.32 Å². The normalized spacial score (nSPS) is 23.2. The lowest BCUT2D eigenvalue weighted by atomic mass is 10.1. The van der Waals surface area contributed by atoms with Crippen LogP contribution < -0.4 is 5.32 Å². The summed E-state index contributed by atoms with van der Waals surface area (Å²) in [5.41, 5.74) is 0. The van der Waals surface area contributed by atoms with Gasteiger partial charge < -0.3 is 5.32 Å². The maximum absolute atomic E-state index is 11.6. The van der Waals surface area contributed by atoms with Gasteiger partial charge in [-0.15, -0.1) is 0 Å². The zero-order valence-corrected chi connectivity index (χ0v) is 11.1. The van der Waals surface area contributed by atoms with Gasteiger partial charge in [0.2, 0.25) is 11.8 Å². The van der Waals surface area contributed by atoms with Crippen LogP contribution in [-0.4, -0.2) is 35.8 Å². The number of piperidine rings is 1. The van der Waals surface area contributed by atoms with E-state index < -0.39 is 0 Å². The lowest BCUT2D eigenvalue weighted by Gasteiger charge is -2.26. The number of carbonyl (C=O) groups is 2. The van der Waals surface area contributed by atoms with Crippen LogP contribution in [0.3, 0.4) is 0 Å². The quantitative estimate of drug-likeness (QED) is 0.613. The number of nitrogens with zero attached hydrogens (tertiary/aromatic N) is 1. The SMILES string of the molecule is O=C1CCCC(=O)N1CCNC1CCCCCC1. The summed E-state index contributed by atoms with van der Waals surface area (Å²) in [6.45, 7) is 1.30. The van der Waals surface area contributed by atoms with Crippen LogP contribution in [0.5, 0.6) is 0 Å². The number of rotatable bonds is 4. The summed E-state index contributed by atoms with van der Waals surface area (Å²) in [4.78, 5) is 24.7. The third-order valence-electron chi connectivity index (χ3n) is 4.01. The molecular formula is C14H24N2O2. The molecule has 4 heteroatoms. The summed E-state index contributed by atoms with van der Waals surface area (Å²) in [5, 5.41) is 3.50. The van der Waals surface area contributed by atoms with Crippen molar-refractivity contribution in [2.45, 2.75) is 63.8 Å². The van der Waals surface area contributed by atoms with Gasteiger partial charge in [-0.2, -0.15) is 0 Å². The first kappa shape index (κ1) is 13.5. The van der Waals surface area contributed by atoms with Crippen molar-refractivity contribution in [3.05, 3.63) is 0 Å². The molecule has 1 saturated heterocycles. The Kier molecular flexibility index (Phi) is 5.17. The Labute approximate surface area is 109 Å². The average molecular weight is 252 g/mol. The zero-order chi connectivity index (χ0) is 12.8. The number of likely N-dealkylation sites (tertiary alicyclic amines) is 1. The van der Waals surface area contributed by atoms with Gasteiger partial charge in [0, 0.05) is 32.0 Å². The average Bonchev–Trinajstić information content (AvgIpc) is 2.61. The van der Waals surface area contributed by atoms with Crippen molar-refractivity contribution in [2.24, 2.45) is 0 Å². The lowest BCUT2D eigenvalue weighted by Crippen LogP contribution is -2.45. The molecule has 2 rings (SSSR count). The minimum atomic E-state index is 0.00826. The predicted molar refractivity (Wildman–Crippen MR) is 70.1 cm³/mol. The van der Waals surface area contributed by atoms with E-state index in [4.69, 9.17) is 0 Å². The molecular weight excluding hydrogens is 228 g/mol. The number of hydrogen-bond donors (Lipinski definition) is 1. The van der Waals surface area contributed by atoms with Crippen molar-refractivity contribution >= 4 is 11.8 Å². The first-order valence-electron chi connectivity index (χ1n) is 7.34. The Morgan fingerprint density at radius 3 is 2.17 bits per heavy atom. The number of hydrogen-bond acceptors (Lipinski definition) is 3. The molecule has 2 fully saturated rings. The van der Waals surface area contributed by atoms with Crippen molar-refractivity contribution in [3.8, 4) is 0 Å². The van der Waals surface area contributed by atoms with Crippen LogP contribution in [-0.2, 0) is 9.59 Å². The molecule has 1 aliphatic heterocycles. The highest BCUT2D eigenvalue weighted by Gasteiger charge is 2.25. The van der Waals surface area contributed by atoms with E-state index in [9.17, 15) is 9.59 Å². The maximum Gasteiger partial charge on any atom is 0.229 e. The lowest BCUT2D eigenvalue weighted by molar-refractivity contribution is -0.147. The summed E-state index contributed by atoms with van der Waals surface area (Å²) >= 11 is 0. The Morgan fingerprint density at radius 2 is 1.56 bits per heavy atom. The predicted octanol–water partition coefficient (Wildman–Crippen LogP) is 1.84. The summed E-state index contributed by atoms with van der Waals surface area (Å²) < 4.78 is 0. The van der Waals surface area contributed by atoms with Gasteiger partial charge in [-0.05, 0) is 19.3 Å². The van der Waals surface area contributed by atoms with Crippen LogP contribution in [0, 0.1) is 0 Å². The van der Waals surface area contributed by atoms with Gasteiger partial charge in [0.15, 0.2) is 0 Å². The Balaban J connectivity index is 1.70. The van der Waals surface area contributed by atoms with Crippen molar-refractivity contribution in [1.29, 1.82) is 0 Å². The van der Waals surface area contributed by atoms with Crippen LogP contribution in [0.25, 0.3) is 0 Å². The van der Waals surface area contributed by atoms with Gasteiger partial charge in [-0.25, -0.2) is 0 Å². The molecule has 0 spiro atoms. The van der Waals surface area contributed by atoms with Crippen molar-refractivity contribution in [1.82, 2.24) is 10.2 Å². The maximum atomic E-state index is 11.6. The molecule has 18 heavy (non-hydrogen) atoms. The molecule has 0 aromatic carbocycles. The second-order valence-electron chi connectivity index (χ2n) is 5.44. The Bertz CT molecular complexity index is 280. The van der Waals surface area contributed by atoms with Crippen LogP contribution in [0.4, 0.5) is 0 Å². The van der Waals surface area contributed by atoms with Crippen molar-refractivity contribution < 1.29 is 9.59 Å². The van der Waals surface area contributed by atoms with Crippen molar-refractivity contribution in [2.75, 3.05) is 13.1 Å². The summed E-state index contributed by atoms with van der Waals surface area (Å²) in [6, 6.07) is 0.586. The molecule has 0 aromatic rings. The van der Waals surface area contributed by atoms with Gasteiger partial charge in [0.25, 0.3) is 0 Å². The highest BCUT2D eigenvalue weighted by Crippen LogP contribution is 2.17. The molecule has 2 amide bonds. The van der Waals surface area contributed by atoms with E-state index in [0.717, 1.165) is 13.0 Å². The van der Waals surface area contributed by atoms with Crippen LogP contribution >= 0.6 is 0 Å². The molecule has 0 radical (unpaired) electrons. The van der Waals surface area contributed by atoms with Crippen molar-refractivity contribution in [3.63, 3.8) is 0 Å². The summed E-state index contributed by atoms with van der Waals surface area (Å²) in [5.74, 6) is 0.0165. The molecule has 2 aliphatic rings. The van der Waals surface area contributed by atoms with E-state index >= 15 is 0 Å². The highest BCUT2D eigenvalue weighted by atomic mass is 16.2. The third kappa shape index (κ3) is 3.80. The monoisotopic (exact) mass is 252 g/mol. The minimum absolute atomic E-state index is 0.00826. The zero-order valence-electron chi connectivity index (χ0n) is 11.1. The van der Waals surface area contributed by atoms with Crippen LogP contribution in [0.2, 0.25) is 0 Å².